The van der Waals surface area contributed by atoms with Crippen LogP contribution in [-0.4, -0.2) is 35.0 Å². The molecule has 0 aromatic carbocycles. The third kappa shape index (κ3) is 5.59. The van der Waals surface area contributed by atoms with Crippen LogP contribution in [0.4, 0.5) is 0 Å². The van der Waals surface area contributed by atoms with Crippen LogP contribution in [0.1, 0.15) is 41.5 Å². The molecular weight excluding hydrogens is 260 g/mol. The quantitative estimate of drug-likeness (QED) is 0.651. The molecule has 116 valence electrons. The third-order valence-corrected chi connectivity index (χ3v) is 3.00. The smallest absolute Gasteiger partial charge is 0.326 e. The molecule has 0 aliphatic heterocycles. The van der Waals surface area contributed by atoms with Gasteiger partial charge in [0.1, 0.15) is 12.1 Å². The van der Waals surface area contributed by atoms with Crippen molar-refractivity contribution in [2.24, 2.45) is 17.8 Å². The number of aliphatic carboxylic acids is 1. The van der Waals surface area contributed by atoms with Crippen molar-refractivity contribution < 1.29 is 19.5 Å². The number of carbonyl (C=O) groups is 3. The van der Waals surface area contributed by atoms with Crippen LogP contribution in [0, 0.1) is 17.8 Å². The predicted molar refractivity (Wildman–Crippen MR) is 76.0 cm³/mol. The third-order valence-electron chi connectivity index (χ3n) is 3.00. The number of hydrogen-bond donors (Lipinski definition) is 3. The Morgan fingerprint density at radius 3 is 1.45 bits per heavy atom. The Balaban J connectivity index is 4.89. The second-order valence-corrected chi connectivity index (χ2v) is 5.95. The summed E-state index contributed by atoms with van der Waals surface area (Å²) in [6.45, 7) is 10.5. The lowest BCUT2D eigenvalue weighted by Crippen LogP contribution is -2.55. The molecule has 0 aliphatic rings. The van der Waals surface area contributed by atoms with E-state index in [0.717, 1.165) is 0 Å². The van der Waals surface area contributed by atoms with Gasteiger partial charge in [0.15, 0.2) is 0 Å². The van der Waals surface area contributed by atoms with Gasteiger partial charge >= 0.3 is 5.97 Å². The number of hydrogen-bond acceptors (Lipinski definition) is 3. The number of rotatable bonds is 7. The maximum Gasteiger partial charge on any atom is 0.326 e. The van der Waals surface area contributed by atoms with E-state index in [-0.39, 0.29) is 23.7 Å². The molecule has 0 bridgehead atoms. The molecule has 0 aromatic rings. The first-order valence-electron chi connectivity index (χ1n) is 6.91. The standard InChI is InChI=1S/C14H26N2O4/c1-7(2)10(15-12(17)9(5)6)13(18)16-11(8(3)4)14(19)20/h7-11H,1-6H3,(H,15,17)(H,16,18)(H,19,20)/t10-,11-/m0/s1. The van der Waals surface area contributed by atoms with Crippen molar-refractivity contribution in [3.8, 4) is 0 Å². The van der Waals surface area contributed by atoms with E-state index in [4.69, 9.17) is 5.11 Å². The minimum Gasteiger partial charge on any atom is -0.480 e. The Kier molecular flexibility index (Phi) is 7.24. The largest absolute Gasteiger partial charge is 0.480 e. The van der Waals surface area contributed by atoms with Gasteiger partial charge in [0, 0.05) is 5.92 Å². The number of nitrogens with one attached hydrogen (secondary N) is 2. The molecule has 0 radical (unpaired) electrons. The van der Waals surface area contributed by atoms with Gasteiger partial charge < -0.3 is 15.7 Å². The van der Waals surface area contributed by atoms with E-state index < -0.39 is 24.0 Å². The summed E-state index contributed by atoms with van der Waals surface area (Å²) in [7, 11) is 0. The fraction of sp³-hybridized carbons (Fsp3) is 0.786. The summed E-state index contributed by atoms with van der Waals surface area (Å²) in [5.41, 5.74) is 0. The van der Waals surface area contributed by atoms with Gasteiger partial charge in [-0.1, -0.05) is 41.5 Å². The summed E-state index contributed by atoms with van der Waals surface area (Å²) in [6.07, 6.45) is 0. The fourth-order valence-electron chi connectivity index (χ4n) is 1.61. The maximum atomic E-state index is 12.2. The second-order valence-electron chi connectivity index (χ2n) is 5.95. The second kappa shape index (κ2) is 7.87. The first kappa shape index (κ1) is 18.4. The predicted octanol–water partition coefficient (Wildman–Crippen LogP) is 1.01. The van der Waals surface area contributed by atoms with Crippen molar-refractivity contribution >= 4 is 17.8 Å². The van der Waals surface area contributed by atoms with Gasteiger partial charge in [-0.25, -0.2) is 4.79 Å². The Bertz CT molecular complexity index is 364. The summed E-state index contributed by atoms with van der Waals surface area (Å²) < 4.78 is 0. The van der Waals surface area contributed by atoms with Crippen LogP contribution in [0.3, 0.4) is 0 Å². The van der Waals surface area contributed by atoms with E-state index in [2.05, 4.69) is 10.6 Å². The topological polar surface area (TPSA) is 95.5 Å². The minimum atomic E-state index is -1.08. The summed E-state index contributed by atoms with van der Waals surface area (Å²) in [6, 6.07) is -1.69. The van der Waals surface area contributed by atoms with Crippen LogP contribution < -0.4 is 10.6 Å². The molecule has 0 spiro atoms. The zero-order chi connectivity index (χ0) is 16.0. The molecule has 0 fully saturated rings. The normalized spacial score (nSPS) is 14.2. The van der Waals surface area contributed by atoms with Gasteiger partial charge in [-0.05, 0) is 11.8 Å². The zero-order valence-corrected chi connectivity index (χ0v) is 13.1. The van der Waals surface area contributed by atoms with Crippen LogP contribution in [-0.2, 0) is 14.4 Å². The van der Waals surface area contributed by atoms with Gasteiger partial charge in [-0.2, -0.15) is 0 Å². The highest BCUT2D eigenvalue weighted by Gasteiger charge is 2.30. The minimum absolute atomic E-state index is 0.126. The van der Waals surface area contributed by atoms with E-state index in [9.17, 15) is 14.4 Å². The van der Waals surface area contributed by atoms with Crippen molar-refractivity contribution in [1.82, 2.24) is 10.6 Å². The number of amides is 2. The molecule has 0 saturated carbocycles. The number of carbonyl (C=O) groups excluding carboxylic acids is 2. The van der Waals surface area contributed by atoms with Gasteiger partial charge in [0.05, 0.1) is 0 Å². The highest BCUT2D eigenvalue weighted by atomic mass is 16.4. The monoisotopic (exact) mass is 286 g/mol. The van der Waals surface area contributed by atoms with E-state index in [1.165, 1.54) is 0 Å². The first-order valence-corrected chi connectivity index (χ1v) is 6.91. The van der Waals surface area contributed by atoms with Crippen LogP contribution in [0.25, 0.3) is 0 Å². The molecule has 3 N–H and O–H groups in total. The molecule has 0 aliphatic carbocycles. The van der Waals surface area contributed by atoms with E-state index in [1.54, 1.807) is 41.5 Å². The molecule has 2 amide bonds. The first-order chi connectivity index (χ1) is 9.07. The zero-order valence-electron chi connectivity index (χ0n) is 13.1. The summed E-state index contributed by atoms with van der Waals surface area (Å²) in [5, 5.41) is 14.2. The maximum absolute atomic E-state index is 12.2. The average Bonchev–Trinajstić information content (AvgIpc) is 2.30. The molecule has 0 saturated heterocycles. The SMILES string of the molecule is CC(C)C(=O)N[C@H](C(=O)N[C@H](C(=O)O)C(C)C)C(C)C. The molecule has 20 heavy (non-hydrogen) atoms. The molecule has 6 nitrogen and oxygen atoms in total. The molecule has 0 rings (SSSR count). The summed E-state index contributed by atoms with van der Waals surface area (Å²) >= 11 is 0. The lowest BCUT2D eigenvalue weighted by molar-refractivity contribution is -0.143. The number of carboxylic acid groups (broad SMARTS) is 1. The lowest BCUT2D eigenvalue weighted by Gasteiger charge is -2.26. The van der Waals surface area contributed by atoms with Gasteiger partial charge in [0.2, 0.25) is 11.8 Å². The van der Waals surface area contributed by atoms with Crippen LogP contribution in [0.15, 0.2) is 0 Å². The summed E-state index contributed by atoms with van der Waals surface area (Å²) in [4.78, 5) is 35.0. The average molecular weight is 286 g/mol. The van der Waals surface area contributed by atoms with Crippen LogP contribution in [0.5, 0.6) is 0 Å². The fourth-order valence-corrected chi connectivity index (χ4v) is 1.61. The van der Waals surface area contributed by atoms with E-state index in [0.29, 0.717) is 0 Å². The molecule has 0 unspecified atom stereocenters. The lowest BCUT2D eigenvalue weighted by atomic mass is 9.99. The molecule has 6 heteroatoms. The van der Waals surface area contributed by atoms with Crippen LogP contribution >= 0.6 is 0 Å². The molecular formula is C14H26N2O4. The van der Waals surface area contributed by atoms with Crippen molar-refractivity contribution in [3.63, 3.8) is 0 Å². The van der Waals surface area contributed by atoms with Crippen molar-refractivity contribution in [3.05, 3.63) is 0 Å². The summed E-state index contributed by atoms with van der Waals surface area (Å²) in [5.74, 6) is -2.36. The van der Waals surface area contributed by atoms with Gasteiger partial charge in [0.25, 0.3) is 0 Å². The Morgan fingerprint density at radius 1 is 0.750 bits per heavy atom. The Hall–Kier alpha value is -1.59. The molecule has 0 aromatic heterocycles. The van der Waals surface area contributed by atoms with E-state index in [1.807, 2.05) is 0 Å². The van der Waals surface area contributed by atoms with Crippen LogP contribution in [0.2, 0.25) is 0 Å². The highest BCUT2D eigenvalue weighted by molar-refractivity contribution is 5.91. The van der Waals surface area contributed by atoms with Crippen molar-refractivity contribution in [2.45, 2.75) is 53.6 Å². The molecule has 2 atom stereocenters. The Labute approximate surface area is 120 Å². The molecule has 0 heterocycles. The van der Waals surface area contributed by atoms with E-state index >= 15 is 0 Å². The van der Waals surface area contributed by atoms with Crippen molar-refractivity contribution in [2.75, 3.05) is 0 Å². The van der Waals surface area contributed by atoms with Gasteiger partial charge in [-0.3, -0.25) is 9.59 Å². The Morgan fingerprint density at radius 2 is 1.15 bits per heavy atom. The highest BCUT2D eigenvalue weighted by Crippen LogP contribution is 2.07. The van der Waals surface area contributed by atoms with Gasteiger partial charge in [-0.15, -0.1) is 0 Å². The number of carboxylic acids is 1. The van der Waals surface area contributed by atoms with Crippen molar-refractivity contribution in [1.29, 1.82) is 0 Å².